The van der Waals surface area contributed by atoms with Crippen LogP contribution in [-0.2, 0) is 5.92 Å². The molecule has 2 nitrogen and oxygen atoms in total. The summed E-state index contributed by atoms with van der Waals surface area (Å²) in [5, 5.41) is 0. The first-order valence-electron chi connectivity index (χ1n) is 3.45. The summed E-state index contributed by atoms with van der Waals surface area (Å²) < 4.78 is 25.6. The van der Waals surface area contributed by atoms with Crippen molar-refractivity contribution >= 4 is 28.9 Å². The van der Waals surface area contributed by atoms with Crippen molar-refractivity contribution in [3.63, 3.8) is 0 Å². The number of halogens is 3. The normalized spacial score (nSPS) is 11.3. The predicted molar refractivity (Wildman–Crippen MR) is 52.4 cm³/mol. The average Bonchev–Trinajstić information content (AvgIpc) is 2.18. The van der Waals surface area contributed by atoms with Crippen LogP contribution in [0.3, 0.4) is 0 Å². The van der Waals surface area contributed by atoms with Crippen LogP contribution in [-0.4, -0.2) is 15.7 Å². The number of alkyl halides is 3. The molecule has 1 rings (SSSR count). The fourth-order valence-electron chi connectivity index (χ4n) is 0.760. The molecule has 5 heteroatoms. The van der Waals surface area contributed by atoms with Crippen molar-refractivity contribution in [2.24, 2.45) is 0 Å². The minimum atomic E-state index is -2.91. The molecule has 0 aromatic carbocycles. The van der Waals surface area contributed by atoms with Crippen LogP contribution in [0.4, 0.5) is 8.78 Å². The molecule has 0 N–H and O–H groups in total. The first kappa shape index (κ1) is 10.5. The molecular weight excluding hydrogens is 291 g/mol. The van der Waals surface area contributed by atoms with Crippen molar-refractivity contribution < 1.29 is 13.6 Å². The lowest BCUT2D eigenvalue weighted by Gasteiger charge is -2.11. The van der Waals surface area contributed by atoms with Crippen molar-refractivity contribution in [3.8, 4) is 0 Å². The summed E-state index contributed by atoms with van der Waals surface area (Å²) in [6, 6.07) is 2.50. The second-order valence-electron chi connectivity index (χ2n) is 2.43. The zero-order valence-corrected chi connectivity index (χ0v) is 8.66. The van der Waals surface area contributed by atoms with Gasteiger partial charge in [0.1, 0.15) is 5.69 Å². The molecule has 70 valence electrons. The van der Waals surface area contributed by atoms with Gasteiger partial charge in [-0.25, -0.2) is 0 Å². The summed E-state index contributed by atoms with van der Waals surface area (Å²) in [5.74, 6) is -2.91. The molecule has 0 aliphatic carbocycles. The van der Waals surface area contributed by atoms with Crippen LogP contribution in [0.2, 0.25) is 0 Å². The molecule has 0 unspecified atom stereocenters. The second-order valence-corrected chi connectivity index (χ2v) is 3.20. The van der Waals surface area contributed by atoms with E-state index in [0.29, 0.717) is 11.8 Å². The van der Waals surface area contributed by atoms with E-state index >= 15 is 0 Å². The Morgan fingerprint density at radius 2 is 2.23 bits per heavy atom. The molecule has 0 saturated carbocycles. The lowest BCUT2D eigenvalue weighted by atomic mass is 10.2. The maximum Gasteiger partial charge on any atom is 0.298 e. The van der Waals surface area contributed by atoms with Gasteiger partial charge in [0.25, 0.3) is 5.92 Å². The lowest BCUT2D eigenvalue weighted by molar-refractivity contribution is 0.0217. The fourth-order valence-corrected chi connectivity index (χ4v) is 1.15. The van der Waals surface area contributed by atoms with Gasteiger partial charge >= 0.3 is 0 Å². The first-order chi connectivity index (χ1) is 6.10. The third-order valence-electron chi connectivity index (χ3n) is 1.47. The van der Waals surface area contributed by atoms with Gasteiger partial charge in [-0.3, -0.25) is 9.78 Å². The molecule has 0 aliphatic heterocycles. The van der Waals surface area contributed by atoms with Crippen molar-refractivity contribution in [3.05, 3.63) is 29.6 Å². The highest BCUT2D eigenvalue weighted by molar-refractivity contribution is 14.1. The van der Waals surface area contributed by atoms with Gasteiger partial charge in [-0.1, -0.05) is 22.6 Å². The number of aromatic nitrogens is 1. The van der Waals surface area contributed by atoms with E-state index in [1.54, 1.807) is 22.6 Å². The van der Waals surface area contributed by atoms with E-state index in [1.807, 2.05) is 0 Å². The molecule has 0 radical (unpaired) electrons. The van der Waals surface area contributed by atoms with Crippen LogP contribution >= 0.6 is 22.6 Å². The predicted octanol–water partition coefficient (Wildman–Crippen LogP) is 2.42. The highest BCUT2D eigenvalue weighted by Crippen LogP contribution is 2.28. The van der Waals surface area contributed by atoms with Crippen LogP contribution < -0.4 is 0 Å². The molecular formula is C8H6F2INO. The van der Waals surface area contributed by atoms with Crippen molar-refractivity contribution in [2.45, 2.75) is 5.92 Å². The topological polar surface area (TPSA) is 30.0 Å². The van der Waals surface area contributed by atoms with Gasteiger partial charge < -0.3 is 0 Å². The molecule has 0 saturated heterocycles. The van der Waals surface area contributed by atoms with Gasteiger partial charge in [0.05, 0.1) is 4.43 Å². The number of carbonyl (C=O) groups excluding carboxylic acids is 1. The van der Waals surface area contributed by atoms with Gasteiger partial charge in [-0.05, 0) is 12.1 Å². The molecule has 1 aromatic heterocycles. The number of hydrogen-bond donors (Lipinski definition) is 0. The number of hydrogen-bond acceptors (Lipinski definition) is 2. The van der Waals surface area contributed by atoms with Crippen LogP contribution in [0, 0.1) is 0 Å². The highest BCUT2D eigenvalue weighted by atomic mass is 127. The summed E-state index contributed by atoms with van der Waals surface area (Å²) in [5.41, 5.74) is 0.000471. The lowest BCUT2D eigenvalue weighted by Crippen LogP contribution is -2.16. The number of pyridine rings is 1. The fraction of sp³-hybridized carbons (Fsp3) is 0.250. The highest BCUT2D eigenvalue weighted by Gasteiger charge is 2.31. The minimum Gasteiger partial charge on any atom is -0.298 e. The molecule has 13 heavy (non-hydrogen) atoms. The van der Waals surface area contributed by atoms with E-state index in [4.69, 9.17) is 0 Å². The zero-order valence-electron chi connectivity index (χ0n) is 6.51. The number of nitrogens with zero attached hydrogens (tertiary/aromatic N) is 1. The Kier molecular flexibility index (Phi) is 3.29. The molecule has 0 bridgehead atoms. The summed E-state index contributed by atoms with van der Waals surface area (Å²) in [4.78, 5) is 13.7. The summed E-state index contributed by atoms with van der Waals surface area (Å²) in [6.07, 6.45) is 1.71. The molecule has 0 amide bonds. The molecule has 0 aliphatic rings. The largest absolute Gasteiger partial charge is 0.298 e. The van der Waals surface area contributed by atoms with E-state index < -0.39 is 5.92 Å². The zero-order chi connectivity index (χ0) is 9.90. The minimum absolute atomic E-state index is 0.299. The average molecular weight is 297 g/mol. The van der Waals surface area contributed by atoms with Crippen molar-refractivity contribution in [1.82, 2.24) is 4.98 Å². The molecule has 0 spiro atoms. The second kappa shape index (κ2) is 4.08. The Hall–Kier alpha value is -0.590. The Morgan fingerprint density at radius 1 is 1.54 bits per heavy atom. The molecule has 0 fully saturated rings. The smallest absolute Gasteiger partial charge is 0.298 e. The van der Waals surface area contributed by atoms with E-state index in [9.17, 15) is 13.6 Å². The van der Waals surface area contributed by atoms with Crippen molar-refractivity contribution in [2.75, 3.05) is 4.43 Å². The van der Waals surface area contributed by atoms with Gasteiger partial charge in [-0.15, -0.1) is 0 Å². The first-order valence-corrected chi connectivity index (χ1v) is 4.98. The third kappa shape index (κ3) is 2.43. The van der Waals surface area contributed by atoms with E-state index in [2.05, 4.69) is 4.98 Å². The summed E-state index contributed by atoms with van der Waals surface area (Å²) >= 11 is 1.59. The number of rotatable bonds is 3. The van der Waals surface area contributed by atoms with Gasteiger partial charge in [-0.2, -0.15) is 8.78 Å². The van der Waals surface area contributed by atoms with E-state index in [-0.39, 0.29) is 10.1 Å². The van der Waals surface area contributed by atoms with Gasteiger partial charge in [0.15, 0.2) is 6.29 Å². The molecule has 1 heterocycles. The maximum atomic E-state index is 13.0. The van der Waals surface area contributed by atoms with E-state index in [0.717, 1.165) is 6.20 Å². The Bertz CT molecular complexity index is 300. The molecule has 1 aromatic rings. The standard InChI is InChI=1S/C8H6F2INO/c9-8(10,5-11)7-2-1-6(4-13)3-12-7/h1-4H,5H2. The Morgan fingerprint density at radius 3 is 2.62 bits per heavy atom. The van der Waals surface area contributed by atoms with Crippen molar-refractivity contribution in [1.29, 1.82) is 0 Å². The Labute approximate surface area is 87.5 Å². The van der Waals surface area contributed by atoms with Crippen LogP contribution in [0.1, 0.15) is 16.1 Å². The summed E-state index contributed by atoms with van der Waals surface area (Å²) in [7, 11) is 0. The number of carbonyl (C=O) groups is 1. The SMILES string of the molecule is O=Cc1ccc(C(F)(F)CI)nc1. The maximum absolute atomic E-state index is 13.0. The molecule has 0 atom stereocenters. The third-order valence-corrected chi connectivity index (χ3v) is 2.42. The quantitative estimate of drug-likeness (QED) is 0.487. The van der Waals surface area contributed by atoms with Crippen LogP contribution in [0.5, 0.6) is 0 Å². The van der Waals surface area contributed by atoms with Gasteiger partial charge in [0, 0.05) is 11.8 Å². The van der Waals surface area contributed by atoms with Gasteiger partial charge in [0.2, 0.25) is 0 Å². The number of aldehydes is 1. The Balaban J connectivity index is 2.98. The monoisotopic (exact) mass is 297 g/mol. The van der Waals surface area contributed by atoms with E-state index in [1.165, 1.54) is 12.1 Å². The van der Waals surface area contributed by atoms with Crippen LogP contribution in [0.25, 0.3) is 0 Å². The van der Waals surface area contributed by atoms with Crippen LogP contribution in [0.15, 0.2) is 18.3 Å². The summed E-state index contributed by atoms with van der Waals surface area (Å²) in [6.45, 7) is 0.